The van der Waals surface area contributed by atoms with E-state index in [4.69, 9.17) is 12.2 Å². The molecular formula is C12H17N3S2. The molecule has 0 spiro atoms. The molecule has 92 valence electrons. The smallest absolute Gasteiger partial charge is 0.195 e. The van der Waals surface area contributed by atoms with Crippen LogP contribution in [0.4, 0.5) is 0 Å². The Kier molecular flexibility index (Phi) is 3.79. The summed E-state index contributed by atoms with van der Waals surface area (Å²) in [4.78, 5) is 1.16. The van der Waals surface area contributed by atoms with E-state index >= 15 is 0 Å². The molecule has 0 bridgehead atoms. The Labute approximate surface area is 111 Å². The van der Waals surface area contributed by atoms with Crippen molar-refractivity contribution in [2.45, 2.75) is 33.2 Å². The summed E-state index contributed by atoms with van der Waals surface area (Å²) in [6, 6.07) is 4.49. The van der Waals surface area contributed by atoms with Gasteiger partial charge in [-0.25, -0.2) is 0 Å². The Balaban J connectivity index is 2.40. The molecule has 2 aromatic heterocycles. The number of H-pyrrole nitrogens is 1. The van der Waals surface area contributed by atoms with Crippen molar-refractivity contribution < 1.29 is 0 Å². The maximum absolute atomic E-state index is 5.33. The quantitative estimate of drug-likeness (QED) is 0.839. The molecule has 0 radical (unpaired) electrons. The molecule has 5 heteroatoms. The van der Waals surface area contributed by atoms with Gasteiger partial charge in [0.05, 0.1) is 4.88 Å². The first kappa shape index (κ1) is 12.5. The molecule has 0 aliphatic heterocycles. The van der Waals surface area contributed by atoms with E-state index in [9.17, 15) is 0 Å². The largest absolute Gasteiger partial charge is 0.297 e. The number of hydrogen-bond donors (Lipinski definition) is 1. The second-order valence-electron chi connectivity index (χ2n) is 4.68. The zero-order valence-electron chi connectivity index (χ0n) is 10.3. The van der Waals surface area contributed by atoms with Crippen molar-refractivity contribution in [2.75, 3.05) is 0 Å². The number of thiophene rings is 1. The van der Waals surface area contributed by atoms with Crippen LogP contribution in [0.3, 0.4) is 0 Å². The van der Waals surface area contributed by atoms with Gasteiger partial charge in [-0.3, -0.25) is 9.67 Å². The summed E-state index contributed by atoms with van der Waals surface area (Å²) in [5, 5.41) is 9.30. The normalized spacial score (nSPS) is 13.2. The number of aromatic amines is 1. The minimum absolute atomic E-state index is 0.373. The lowest BCUT2D eigenvalue weighted by Gasteiger charge is -2.17. The highest BCUT2D eigenvalue weighted by Gasteiger charge is 2.15. The molecule has 0 saturated carbocycles. The maximum Gasteiger partial charge on any atom is 0.195 e. The summed E-state index contributed by atoms with van der Waals surface area (Å²) in [5.41, 5.74) is 0. The van der Waals surface area contributed by atoms with Gasteiger partial charge in [-0.2, -0.15) is 5.10 Å². The van der Waals surface area contributed by atoms with Gasteiger partial charge in [-0.1, -0.05) is 19.9 Å². The van der Waals surface area contributed by atoms with Crippen LogP contribution in [-0.2, 0) is 0 Å². The van der Waals surface area contributed by atoms with Gasteiger partial charge in [0.15, 0.2) is 10.6 Å². The van der Waals surface area contributed by atoms with E-state index in [1.54, 1.807) is 11.3 Å². The van der Waals surface area contributed by atoms with Crippen LogP contribution >= 0.6 is 23.6 Å². The van der Waals surface area contributed by atoms with Crippen LogP contribution in [-0.4, -0.2) is 14.8 Å². The third kappa shape index (κ3) is 2.66. The van der Waals surface area contributed by atoms with Gasteiger partial charge in [-0.15, -0.1) is 11.3 Å². The molecule has 0 fully saturated rings. The van der Waals surface area contributed by atoms with Crippen molar-refractivity contribution in [3.63, 3.8) is 0 Å². The van der Waals surface area contributed by atoms with Crippen LogP contribution < -0.4 is 0 Å². The summed E-state index contributed by atoms with van der Waals surface area (Å²) in [6.07, 6.45) is 1.10. The van der Waals surface area contributed by atoms with Crippen molar-refractivity contribution in [2.24, 2.45) is 5.92 Å². The van der Waals surface area contributed by atoms with E-state index < -0.39 is 0 Å². The molecule has 1 atom stereocenters. The van der Waals surface area contributed by atoms with Crippen LogP contribution in [0.25, 0.3) is 10.7 Å². The number of nitrogens with zero attached hydrogens (tertiary/aromatic N) is 2. The van der Waals surface area contributed by atoms with E-state index in [2.05, 4.69) is 47.0 Å². The zero-order valence-corrected chi connectivity index (χ0v) is 11.9. The fourth-order valence-electron chi connectivity index (χ4n) is 2.08. The molecular weight excluding hydrogens is 250 g/mol. The molecule has 2 aromatic rings. The number of rotatable bonds is 4. The molecule has 0 saturated heterocycles. The van der Waals surface area contributed by atoms with Crippen molar-refractivity contribution in [3.8, 4) is 10.7 Å². The van der Waals surface area contributed by atoms with Crippen LogP contribution in [0.5, 0.6) is 0 Å². The van der Waals surface area contributed by atoms with E-state index in [1.165, 1.54) is 0 Å². The van der Waals surface area contributed by atoms with Gasteiger partial charge in [0.1, 0.15) is 0 Å². The third-order valence-corrected chi connectivity index (χ3v) is 3.85. The summed E-state index contributed by atoms with van der Waals surface area (Å²) in [6.45, 7) is 6.65. The first-order valence-corrected chi connectivity index (χ1v) is 7.09. The highest BCUT2D eigenvalue weighted by Crippen LogP contribution is 2.27. The van der Waals surface area contributed by atoms with E-state index in [-0.39, 0.29) is 0 Å². The van der Waals surface area contributed by atoms with Gasteiger partial charge in [0.2, 0.25) is 0 Å². The molecule has 3 nitrogen and oxygen atoms in total. The van der Waals surface area contributed by atoms with Gasteiger partial charge >= 0.3 is 0 Å². The molecule has 0 aliphatic carbocycles. The van der Waals surface area contributed by atoms with Gasteiger partial charge < -0.3 is 0 Å². The second kappa shape index (κ2) is 5.14. The molecule has 1 unspecified atom stereocenters. The first-order chi connectivity index (χ1) is 8.09. The van der Waals surface area contributed by atoms with Crippen molar-refractivity contribution in [3.05, 3.63) is 22.3 Å². The predicted octanol–water partition coefficient (Wildman–Crippen LogP) is 4.28. The minimum atomic E-state index is 0.373. The van der Waals surface area contributed by atoms with Gasteiger partial charge in [-0.05, 0) is 42.9 Å². The Morgan fingerprint density at radius 1 is 1.47 bits per heavy atom. The molecule has 0 amide bonds. The zero-order chi connectivity index (χ0) is 12.4. The van der Waals surface area contributed by atoms with E-state index in [0.717, 1.165) is 17.1 Å². The number of nitrogens with one attached hydrogen (secondary N) is 1. The van der Waals surface area contributed by atoms with E-state index in [1.807, 2.05) is 6.07 Å². The lowest BCUT2D eigenvalue weighted by atomic mass is 10.1. The van der Waals surface area contributed by atoms with Crippen molar-refractivity contribution in [1.29, 1.82) is 0 Å². The molecule has 2 rings (SSSR count). The molecule has 0 aliphatic rings. The van der Waals surface area contributed by atoms with Crippen molar-refractivity contribution >= 4 is 23.6 Å². The molecule has 1 N–H and O–H groups in total. The second-order valence-corrected chi connectivity index (χ2v) is 6.01. The molecule has 0 aromatic carbocycles. The van der Waals surface area contributed by atoms with Crippen LogP contribution in [0, 0.1) is 10.7 Å². The summed E-state index contributed by atoms with van der Waals surface area (Å²) < 4.78 is 2.84. The Morgan fingerprint density at radius 2 is 2.24 bits per heavy atom. The highest BCUT2D eigenvalue weighted by atomic mass is 32.1. The average Bonchev–Trinajstić information content (AvgIpc) is 2.84. The standard InChI is InChI=1S/C12H17N3S2/c1-8(2)7-9(3)15-11(13-14-12(15)16)10-5-4-6-17-10/h4-6,8-9H,7H2,1-3H3,(H,14,16). The lowest BCUT2D eigenvalue weighted by Crippen LogP contribution is -2.09. The summed E-state index contributed by atoms with van der Waals surface area (Å²) in [5.74, 6) is 1.61. The van der Waals surface area contributed by atoms with E-state index in [0.29, 0.717) is 16.7 Å². The number of aromatic nitrogens is 3. The number of hydrogen-bond acceptors (Lipinski definition) is 3. The summed E-state index contributed by atoms with van der Waals surface area (Å²) >= 11 is 7.02. The highest BCUT2D eigenvalue weighted by molar-refractivity contribution is 7.71. The molecule has 2 heterocycles. The first-order valence-electron chi connectivity index (χ1n) is 5.80. The third-order valence-electron chi connectivity index (χ3n) is 2.70. The minimum Gasteiger partial charge on any atom is -0.297 e. The Bertz CT molecular complexity index is 522. The topological polar surface area (TPSA) is 33.6 Å². The van der Waals surface area contributed by atoms with Crippen LogP contribution in [0.2, 0.25) is 0 Å². The fraction of sp³-hybridized carbons (Fsp3) is 0.500. The monoisotopic (exact) mass is 267 g/mol. The predicted molar refractivity (Wildman–Crippen MR) is 74.9 cm³/mol. The van der Waals surface area contributed by atoms with Gasteiger partial charge in [0.25, 0.3) is 0 Å². The fourth-order valence-corrected chi connectivity index (χ4v) is 3.10. The van der Waals surface area contributed by atoms with Crippen LogP contribution in [0.1, 0.15) is 33.2 Å². The maximum atomic E-state index is 5.33. The Morgan fingerprint density at radius 3 is 2.82 bits per heavy atom. The van der Waals surface area contributed by atoms with Crippen LogP contribution in [0.15, 0.2) is 17.5 Å². The Hall–Kier alpha value is -0.940. The summed E-state index contributed by atoms with van der Waals surface area (Å²) in [7, 11) is 0. The van der Waals surface area contributed by atoms with Crippen molar-refractivity contribution in [1.82, 2.24) is 14.8 Å². The molecule has 17 heavy (non-hydrogen) atoms. The lowest BCUT2D eigenvalue weighted by molar-refractivity contribution is 0.427. The van der Waals surface area contributed by atoms with Gasteiger partial charge in [0, 0.05) is 6.04 Å². The average molecular weight is 267 g/mol. The SMILES string of the molecule is CC(C)CC(C)n1c(-c2cccs2)n[nH]c1=S.